The molecular formula is C13H20Br2OSe. The van der Waals surface area contributed by atoms with Crippen molar-refractivity contribution in [1.29, 1.82) is 0 Å². The van der Waals surface area contributed by atoms with Crippen molar-refractivity contribution in [2.75, 3.05) is 7.11 Å². The van der Waals surface area contributed by atoms with E-state index in [9.17, 15) is 0 Å². The summed E-state index contributed by atoms with van der Waals surface area (Å²) in [5.41, 5.74) is 1.31. The van der Waals surface area contributed by atoms with Gasteiger partial charge in [-0.15, -0.1) is 0 Å². The molecule has 0 saturated heterocycles. The third-order valence-corrected chi connectivity index (χ3v) is 13.6. The van der Waals surface area contributed by atoms with Crippen molar-refractivity contribution >= 4 is 41.9 Å². The maximum absolute atomic E-state index is 5.46. The Hall–Kier alpha value is 0.659. The summed E-state index contributed by atoms with van der Waals surface area (Å²) in [6.45, 7) is 4.34. The van der Waals surface area contributed by atoms with Crippen molar-refractivity contribution in [2.45, 2.75) is 38.1 Å². The van der Waals surface area contributed by atoms with Crippen LogP contribution in [0.5, 0.6) is 0 Å². The average molecular weight is 431 g/mol. The molecule has 0 unspecified atom stereocenters. The van der Waals surface area contributed by atoms with Gasteiger partial charge in [0.05, 0.1) is 0 Å². The topological polar surface area (TPSA) is 9.23 Å². The summed E-state index contributed by atoms with van der Waals surface area (Å²) in [6, 6.07) is 8.59. The van der Waals surface area contributed by atoms with Crippen LogP contribution < -0.4 is 4.46 Å². The zero-order valence-corrected chi connectivity index (χ0v) is 15.5. The Kier molecular flexibility index (Phi) is 6.75. The standard InChI is InChI=1S/C13H20Br2OSe/c1-4-5-10-17(14,15)13-9-7-6-8-12(13)11(2)16-3/h6-9,11H,4-5,10H2,1-3H3/t11-/m0/s1. The van der Waals surface area contributed by atoms with Gasteiger partial charge in [-0.2, -0.15) is 0 Å². The van der Waals surface area contributed by atoms with Gasteiger partial charge in [-0.25, -0.2) is 0 Å². The molecule has 0 N–H and O–H groups in total. The minimum absolute atomic E-state index is 0.152. The van der Waals surface area contributed by atoms with E-state index in [-0.39, 0.29) is 6.10 Å². The summed E-state index contributed by atoms with van der Waals surface area (Å²) in [6.07, 6.45) is 2.64. The van der Waals surface area contributed by atoms with Crippen LogP contribution in [-0.2, 0) is 4.74 Å². The van der Waals surface area contributed by atoms with E-state index in [0.29, 0.717) is 0 Å². The zero-order chi connectivity index (χ0) is 12.9. The monoisotopic (exact) mass is 430 g/mol. The number of unbranched alkanes of at least 4 members (excludes halogenated alkanes) is 1. The second-order valence-electron chi connectivity index (χ2n) is 4.05. The molecule has 0 aliphatic carbocycles. The molecule has 98 valence electrons. The number of ether oxygens (including phenoxy) is 1. The van der Waals surface area contributed by atoms with E-state index in [4.69, 9.17) is 4.74 Å². The number of hydrogen-bond acceptors (Lipinski definition) is 1. The van der Waals surface area contributed by atoms with Crippen LogP contribution in [0.2, 0.25) is 5.32 Å². The zero-order valence-electron chi connectivity index (χ0n) is 10.6. The molecule has 1 atom stereocenters. The van der Waals surface area contributed by atoms with Crippen molar-refractivity contribution in [3.63, 3.8) is 0 Å². The molecule has 17 heavy (non-hydrogen) atoms. The molecule has 1 nitrogen and oxygen atoms in total. The molecule has 0 aliphatic heterocycles. The van der Waals surface area contributed by atoms with Gasteiger partial charge < -0.3 is 0 Å². The fraction of sp³-hybridized carbons (Fsp3) is 0.538. The Morgan fingerprint density at radius 2 is 1.94 bits per heavy atom. The molecule has 0 amide bonds. The van der Waals surface area contributed by atoms with Crippen LogP contribution in [-0.4, -0.2) is 16.3 Å². The summed E-state index contributed by atoms with van der Waals surface area (Å²) < 4.78 is 6.88. The van der Waals surface area contributed by atoms with E-state index < -0.39 is 9.23 Å². The second kappa shape index (κ2) is 7.30. The molecule has 0 heterocycles. The van der Waals surface area contributed by atoms with Crippen molar-refractivity contribution in [3.05, 3.63) is 29.8 Å². The number of benzene rings is 1. The van der Waals surface area contributed by atoms with E-state index in [1.54, 1.807) is 7.11 Å². The van der Waals surface area contributed by atoms with Crippen LogP contribution in [0.1, 0.15) is 38.4 Å². The van der Waals surface area contributed by atoms with Crippen LogP contribution in [0.3, 0.4) is 0 Å². The summed E-state index contributed by atoms with van der Waals surface area (Å²) >= 11 is 7.91. The quantitative estimate of drug-likeness (QED) is 0.597. The van der Waals surface area contributed by atoms with E-state index in [1.807, 2.05) is 0 Å². The molecular weight excluding hydrogens is 411 g/mol. The van der Waals surface area contributed by atoms with Crippen LogP contribution in [0, 0.1) is 0 Å². The molecule has 1 rings (SSSR count). The van der Waals surface area contributed by atoms with Crippen LogP contribution in [0.25, 0.3) is 0 Å². The summed E-state index contributed by atoms with van der Waals surface area (Å²) in [4.78, 5) is 0. The molecule has 4 heteroatoms. The van der Waals surface area contributed by atoms with Crippen molar-refractivity contribution < 1.29 is 4.74 Å². The SMILES string of the molecule is CCCC[Se](Br)(Br)c1ccccc1[C@H](C)OC. The van der Waals surface area contributed by atoms with Gasteiger partial charge in [-0.3, -0.25) is 0 Å². The molecule has 0 saturated carbocycles. The normalized spacial score (nSPS) is 14.6. The number of hydrogen-bond donors (Lipinski definition) is 0. The fourth-order valence-corrected chi connectivity index (χ4v) is 10.7. The minimum atomic E-state index is -1.87. The summed E-state index contributed by atoms with van der Waals surface area (Å²) in [7, 11) is -0.106. The summed E-state index contributed by atoms with van der Waals surface area (Å²) in [5, 5.41) is 1.22. The van der Waals surface area contributed by atoms with Gasteiger partial charge in [-0.1, -0.05) is 0 Å². The predicted octanol–water partition coefficient (Wildman–Crippen LogP) is 4.63. The van der Waals surface area contributed by atoms with Crippen LogP contribution in [0.4, 0.5) is 0 Å². The van der Waals surface area contributed by atoms with Crippen molar-refractivity contribution in [2.24, 2.45) is 0 Å². The van der Waals surface area contributed by atoms with Gasteiger partial charge in [-0.05, 0) is 0 Å². The van der Waals surface area contributed by atoms with Gasteiger partial charge >= 0.3 is 122 Å². The molecule has 0 bridgehead atoms. The molecule has 1 aromatic rings. The first kappa shape index (κ1) is 15.7. The third-order valence-electron chi connectivity index (χ3n) is 2.79. The van der Waals surface area contributed by atoms with Crippen LogP contribution in [0.15, 0.2) is 24.3 Å². The Balaban J connectivity index is 3.03. The first-order valence-electron chi connectivity index (χ1n) is 5.85. The number of halogens is 2. The Morgan fingerprint density at radius 1 is 1.29 bits per heavy atom. The first-order valence-corrected chi connectivity index (χ1v) is 15.9. The molecule has 0 aromatic heterocycles. The predicted molar refractivity (Wildman–Crippen MR) is 84.8 cm³/mol. The first-order chi connectivity index (χ1) is 8.03. The van der Waals surface area contributed by atoms with E-state index in [2.05, 4.69) is 66.3 Å². The number of methoxy groups -OCH3 is 1. The second-order valence-corrected chi connectivity index (χ2v) is 24.2. The maximum atomic E-state index is 5.46. The van der Waals surface area contributed by atoms with Crippen LogP contribution >= 0.6 is 28.2 Å². The molecule has 0 spiro atoms. The Bertz CT molecular complexity index is 355. The summed E-state index contributed by atoms with van der Waals surface area (Å²) in [5.74, 6) is 0. The Morgan fingerprint density at radius 3 is 2.53 bits per heavy atom. The van der Waals surface area contributed by atoms with Gasteiger partial charge in [0.1, 0.15) is 0 Å². The van der Waals surface area contributed by atoms with E-state index in [0.717, 1.165) is 0 Å². The van der Waals surface area contributed by atoms with Gasteiger partial charge in [0.25, 0.3) is 0 Å². The van der Waals surface area contributed by atoms with Gasteiger partial charge in [0, 0.05) is 0 Å². The van der Waals surface area contributed by atoms with E-state index >= 15 is 0 Å². The van der Waals surface area contributed by atoms with Gasteiger partial charge in [0.15, 0.2) is 0 Å². The van der Waals surface area contributed by atoms with Crippen molar-refractivity contribution in [1.82, 2.24) is 0 Å². The molecule has 1 aromatic carbocycles. The van der Waals surface area contributed by atoms with Gasteiger partial charge in [0.2, 0.25) is 0 Å². The van der Waals surface area contributed by atoms with Crippen molar-refractivity contribution in [3.8, 4) is 0 Å². The van der Waals surface area contributed by atoms with E-state index in [1.165, 1.54) is 28.2 Å². The number of rotatable bonds is 6. The fourth-order valence-electron chi connectivity index (χ4n) is 1.65. The molecule has 0 radical (unpaired) electrons. The average Bonchev–Trinajstić information content (AvgIpc) is 2.35. The molecule has 0 aliphatic rings. The third kappa shape index (κ3) is 4.36. The Labute approximate surface area is 121 Å². The molecule has 0 fully saturated rings.